The SMILES string of the molecule is CCOc1cccc(CNCC2CCCOC2)c1O. The van der Waals surface area contributed by atoms with E-state index in [1.165, 1.54) is 6.42 Å². The molecule has 1 aromatic carbocycles. The molecule has 0 bridgehead atoms. The predicted octanol–water partition coefficient (Wildman–Crippen LogP) is 2.31. The van der Waals surface area contributed by atoms with Gasteiger partial charge in [0.25, 0.3) is 0 Å². The first kappa shape index (κ1) is 14.2. The Morgan fingerprint density at radius 3 is 3.11 bits per heavy atom. The lowest BCUT2D eigenvalue weighted by Crippen LogP contribution is -2.28. The highest BCUT2D eigenvalue weighted by molar-refractivity contribution is 5.45. The van der Waals surface area contributed by atoms with Crippen molar-refractivity contribution in [1.29, 1.82) is 0 Å². The molecule has 4 nitrogen and oxygen atoms in total. The summed E-state index contributed by atoms with van der Waals surface area (Å²) in [5, 5.41) is 13.5. The highest BCUT2D eigenvalue weighted by Crippen LogP contribution is 2.29. The van der Waals surface area contributed by atoms with E-state index < -0.39 is 0 Å². The summed E-state index contributed by atoms with van der Waals surface area (Å²) in [6.45, 7) is 5.80. The number of para-hydroxylation sites is 1. The molecular formula is C15H23NO3. The van der Waals surface area contributed by atoms with Gasteiger partial charge in [-0.25, -0.2) is 0 Å². The van der Waals surface area contributed by atoms with Gasteiger partial charge in [0.2, 0.25) is 0 Å². The number of phenolic OH excluding ortho intramolecular Hbond substituents is 1. The quantitative estimate of drug-likeness (QED) is 0.828. The summed E-state index contributed by atoms with van der Waals surface area (Å²) in [7, 11) is 0. The number of rotatable bonds is 6. The Hall–Kier alpha value is -1.26. The molecule has 1 heterocycles. The van der Waals surface area contributed by atoms with Gasteiger partial charge in [0.15, 0.2) is 11.5 Å². The largest absolute Gasteiger partial charge is 0.504 e. The molecule has 1 saturated heterocycles. The smallest absolute Gasteiger partial charge is 0.162 e. The van der Waals surface area contributed by atoms with Crippen LogP contribution >= 0.6 is 0 Å². The molecule has 0 radical (unpaired) electrons. The normalized spacial score (nSPS) is 19.3. The van der Waals surface area contributed by atoms with Crippen molar-refractivity contribution < 1.29 is 14.6 Å². The minimum atomic E-state index is 0.247. The lowest BCUT2D eigenvalue weighted by atomic mass is 10.0. The standard InChI is InChI=1S/C15H23NO3/c1-2-19-14-7-3-6-13(15(14)17)10-16-9-12-5-4-8-18-11-12/h3,6-7,12,16-17H,2,4-5,8-11H2,1H3. The van der Waals surface area contributed by atoms with Crippen LogP contribution in [0.1, 0.15) is 25.3 Å². The fraction of sp³-hybridized carbons (Fsp3) is 0.600. The molecule has 0 saturated carbocycles. The van der Waals surface area contributed by atoms with Crippen LogP contribution < -0.4 is 10.1 Å². The number of hydrogen-bond donors (Lipinski definition) is 2. The van der Waals surface area contributed by atoms with Gasteiger partial charge in [-0.1, -0.05) is 12.1 Å². The zero-order valence-corrected chi connectivity index (χ0v) is 11.5. The second kappa shape index (κ2) is 7.36. The maximum absolute atomic E-state index is 10.1. The predicted molar refractivity (Wildman–Crippen MR) is 74.5 cm³/mol. The molecule has 2 rings (SSSR count). The van der Waals surface area contributed by atoms with Crippen molar-refractivity contribution in [3.63, 3.8) is 0 Å². The van der Waals surface area contributed by atoms with Crippen molar-refractivity contribution in [3.05, 3.63) is 23.8 Å². The van der Waals surface area contributed by atoms with Crippen LogP contribution in [0, 0.1) is 5.92 Å². The molecule has 1 atom stereocenters. The van der Waals surface area contributed by atoms with Crippen LogP contribution in [-0.4, -0.2) is 31.5 Å². The van der Waals surface area contributed by atoms with Gasteiger partial charge in [-0.2, -0.15) is 0 Å². The van der Waals surface area contributed by atoms with E-state index in [0.29, 0.717) is 24.8 Å². The second-order valence-electron chi connectivity index (χ2n) is 4.91. The molecule has 0 aliphatic carbocycles. The van der Waals surface area contributed by atoms with Crippen molar-refractivity contribution in [2.45, 2.75) is 26.3 Å². The van der Waals surface area contributed by atoms with Gasteiger partial charge in [0.05, 0.1) is 13.2 Å². The minimum absolute atomic E-state index is 0.247. The number of hydrogen-bond acceptors (Lipinski definition) is 4. The molecule has 2 N–H and O–H groups in total. The first-order chi connectivity index (χ1) is 9.31. The summed E-state index contributed by atoms with van der Waals surface area (Å²) in [5.74, 6) is 1.39. The number of nitrogens with one attached hydrogen (secondary N) is 1. The topological polar surface area (TPSA) is 50.7 Å². The fourth-order valence-electron chi connectivity index (χ4n) is 2.36. The number of ether oxygens (including phenoxy) is 2. The van der Waals surface area contributed by atoms with Crippen molar-refractivity contribution >= 4 is 0 Å². The molecule has 1 aliphatic rings. The van der Waals surface area contributed by atoms with Crippen LogP contribution in [0.4, 0.5) is 0 Å². The second-order valence-corrected chi connectivity index (χ2v) is 4.91. The third-order valence-electron chi connectivity index (χ3n) is 3.39. The van der Waals surface area contributed by atoms with Crippen LogP contribution in [0.2, 0.25) is 0 Å². The lowest BCUT2D eigenvalue weighted by molar-refractivity contribution is 0.0547. The van der Waals surface area contributed by atoms with Crippen LogP contribution in [0.3, 0.4) is 0 Å². The van der Waals surface area contributed by atoms with Crippen molar-refractivity contribution in [2.75, 3.05) is 26.4 Å². The molecule has 1 fully saturated rings. The van der Waals surface area contributed by atoms with E-state index in [-0.39, 0.29) is 5.75 Å². The van der Waals surface area contributed by atoms with Crippen LogP contribution in [0.15, 0.2) is 18.2 Å². The Labute approximate surface area is 114 Å². The highest BCUT2D eigenvalue weighted by Gasteiger charge is 2.14. The van der Waals surface area contributed by atoms with Crippen LogP contribution in [0.5, 0.6) is 11.5 Å². The third-order valence-corrected chi connectivity index (χ3v) is 3.39. The van der Waals surface area contributed by atoms with Gasteiger partial charge in [-0.05, 0) is 31.7 Å². The molecule has 1 aliphatic heterocycles. The van der Waals surface area contributed by atoms with Crippen LogP contribution in [0.25, 0.3) is 0 Å². The Balaban J connectivity index is 1.83. The van der Waals surface area contributed by atoms with Gasteiger partial charge < -0.3 is 19.9 Å². The minimum Gasteiger partial charge on any atom is -0.504 e. The van der Waals surface area contributed by atoms with Crippen LogP contribution in [-0.2, 0) is 11.3 Å². The maximum atomic E-state index is 10.1. The Morgan fingerprint density at radius 2 is 2.37 bits per heavy atom. The molecule has 0 aromatic heterocycles. The molecular weight excluding hydrogens is 242 g/mol. The average Bonchev–Trinajstić information content (AvgIpc) is 2.44. The molecule has 4 heteroatoms. The van der Waals surface area contributed by atoms with Gasteiger partial charge in [0.1, 0.15) is 0 Å². The van der Waals surface area contributed by atoms with Gasteiger partial charge in [-0.15, -0.1) is 0 Å². The summed E-state index contributed by atoms with van der Waals surface area (Å²) in [5.41, 5.74) is 0.877. The van der Waals surface area contributed by atoms with Crippen molar-refractivity contribution in [2.24, 2.45) is 5.92 Å². The zero-order chi connectivity index (χ0) is 13.5. The maximum Gasteiger partial charge on any atom is 0.162 e. The van der Waals surface area contributed by atoms with Crippen molar-refractivity contribution in [3.8, 4) is 11.5 Å². The molecule has 19 heavy (non-hydrogen) atoms. The van der Waals surface area contributed by atoms with E-state index in [2.05, 4.69) is 5.32 Å². The number of aromatic hydroxyl groups is 1. The zero-order valence-electron chi connectivity index (χ0n) is 11.5. The molecule has 0 amide bonds. The van der Waals surface area contributed by atoms with Gasteiger partial charge >= 0.3 is 0 Å². The fourth-order valence-corrected chi connectivity index (χ4v) is 2.36. The summed E-state index contributed by atoms with van der Waals surface area (Å²) in [6.07, 6.45) is 2.37. The molecule has 1 aromatic rings. The van der Waals surface area contributed by atoms with E-state index in [1.54, 1.807) is 6.07 Å². The average molecular weight is 265 g/mol. The van der Waals surface area contributed by atoms with Crippen molar-refractivity contribution in [1.82, 2.24) is 5.32 Å². The monoisotopic (exact) mass is 265 g/mol. The van der Waals surface area contributed by atoms with E-state index in [4.69, 9.17) is 9.47 Å². The van der Waals surface area contributed by atoms with E-state index in [1.807, 2.05) is 19.1 Å². The Kier molecular flexibility index (Phi) is 5.48. The molecule has 1 unspecified atom stereocenters. The third kappa shape index (κ3) is 4.11. The molecule has 0 spiro atoms. The van der Waals surface area contributed by atoms with E-state index >= 15 is 0 Å². The highest BCUT2D eigenvalue weighted by atomic mass is 16.5. The van der Waals surface area contributed by atoms with E-state index in [9.17, 15) is 5.11 Å². The Morgan fingerprint density at radius 1 is 1.47 bits per heavy atom. The number of benzene rings is 1. The first-order valence-corrected chi connectivity index (χ1v) is 7.03. The van der Waals surface area contributed by atoms with Gasteiger partial charge in [0, 0.05) is 25.3 Å². The lowest BCUT2D eigenvalue weighted by Gasteiger charge is -2.22. The van der Waals surface area contributed by atoms with Gasteiger partial charge in [-0.3, -0.25) is 0 Å². The summed E-state index contributed by atoms with van der Waals surface area (Å²) < 4.78 is 10.8. The van der Waals surface area contributed by atoms with E-state index in [0.717, 1.165) is 31.7 Å². The summed E-state index contributed by atoms with van der Waals surface area (Å²) in [6, 6.07) is 5.62. The number of phenols is 1. The summed E-state index contributed by atoms with van der Waals surface area (Å²) >= 11 is 0. The summed E-state index contributed by atoms with van der Waals surface area (Å²) in [4.78, 5) is 0. The molecule has 106 valence electrons. The first-order valence-electron chi connectivity index (χ1n) is 7.03. The Bertz CT molecular complexity index is 389.